The summed E-state index contributed by atoms with van der Waals surface area (Å²) in [7, 11) is 0. The van der Waals surface area contributed by atoms with E-state index in [4.69, 9.17) is 5.11 Å². The van der Waals surface area contributed by atoms with Crippen LogP contribution in [0.25, 0.3) is 0 Å². The van der Waals surface area contributed by atoms with Crippen molar-refractivity contribution < 1.29 is 5.11 Å². The van der Waals surface area contributed by atoms with Gasteiger partial charge in [0.15, 0.2) is 0 Å². The summed E-state index contributed by atoms with van der Waals surface area (Å²) < 4.78 is 0. The zero-order chi connectivity index (χ0) is 21.3. The van der Waals surface area contributed by atoms with Crippen LogP contribution in [-0.4, -0.2) is 23.5 Å². The number of phenolic OH excluding ortho intramolecular Hbond substituents is 1. The van der Waals surface area contributed by atoms with Gasteiger partial charge in [0.2, 0.25) is 0 Å². The minimum Gasteiger partial charge on any atom is -0.506 e. The second-order valence-corrected chi connectivity index (χ2v) is 9.59. The molecule has 0 saturated heterocycles. The van der Waals surface area contributed by atoms with Crippen molar-refractivity contribution >= 4 is 23.8 Å². The maximum atomic E-state index is 8.98. The predicted molar refractivity (Wildman–Crippen MR) is 127 cm³/mol. The van der Waals surface area contributed by atoms with Crippen LogP contribution >= 0.6 is 0 Å². The van der Waals surface area contributed by atoms with Crippen molar-refractivity contribution in [3.05, 3.63) is 48.0 Å². The number of benzene rings is 2. The molecule has 2 bridgehead atoms. The van der Waals surface area contributed by atoms with Crippen LogP contribution in [0.3, 0.4) is 0 Å². The standard InChI is InChI=1S/C19H28N2.C7H7NO/c1-13-6-7-18-17(10-13)20-15(3)21(18)19-8-4-5-16(12-19)9-14(2)11-19;1-8-6-4-2-3-5-7(6)9/h6-7,10,14-16,20H,4-5,8-9,11-12H2,1-3H3;2-5,9H,1H2. The van der Waals surface area contributed by atoms with Crippen LogP contribution in [0.1, 0.15) is 57.9 Å². The zero-order valence-electron chi connectivity index (χ0n) is 18.6. The van der Waals surface area contributed by atoms with Crippen molar-refractivity contribution in [1.29, 1.82) is 0 Å². The largest absolute Gasteiger partial charge is 0.506 e. The van der Waals surface area contributed by atoms with E-state index in [1.807, 2.05) is 0 Å². The molecule has 2 fully saturated rings. The number of aromatic hydroxyl groups is 1. The van der Waals surface area contributed by atoms with Crippen LogP contribution in [-0.2, 0) is 0 Å². The molecule has 160 valence electrons. The molecule has 0 radical (unpaired) electrons. The fourth-order valence-corrected chi connectivity index (χ4v) is 6.20. The summed E-state index contributed by atoms with van der Waals surface area (Å²) in [5, 5.41) is 12.7. The minimum absolute atomic E-state index is 0.174. The van der Waals surface area contributed by atoms with Crippen LogP contribution in [0.2, 0.25) is 0 Å². The Morgan fingerprint density at radius 3 is 2.70 bits per heavy atom. The van der Waals surface area contributed by atoms with E-state index in [0.29, 0.717) is 17.4 Å². The molecule has 2 N–H and O–H groups in total. The summed E-state index contributed by atoms with van der Waals surface area (Å²) in [5.74, 6) is 2.02. The van der Waals surface area contributed by atoms with Crippen molar-refractivity contribution in [2.45, 2.75) is 71.0 Å². The first kappa shape index (κ1) is 20.8. The van der Waals surface area contributed by atoms with E-state index < -0.39 is 0 Å². The second-order valence-electron chi connectivity index (χ2n) is 9.59. The highest BCUT2D eigenvalue weighted by molar-refractivity contribution is 5.77. The van der Waals surface area contributed by atoms with Crippen LogP contribution in [0.4, 0.5) is 17.1 Å². The van der Waals surface area contributed by atoms with Gasteiger partial charge in [0, 0.05) is 5.54 Å². The number of nitrogens with zero attached hydrogens (tertiary/aromatic N) is 2. The molecule has 4 nitrogen and oxygen atoms in total. The first-order valence-electron chi connectivity index (χ1n) is 11.3. The van der Waals surface area contributed by atoms with Gasteiger partial charge in [-0.1, -0.05) is 38.0 Å². The van der Waals surface area contributed by atoms with Crippen molar-refractivity contribution in [2.24, 2.45) is 16.8 Å². The molecule has 5 rings (SSSR count). The topological polar surface area (TPSA) is 47.9 Å². The highest BCUT2D eigenvalue weighted by atomic mass is 16.3. The lowest BCUT2D eigenvalue weighted by Gasteiger charge is -2.54. The number of fused-ring (bicyclic) bond motifs is 3. The number of rotatable bonds is 2. The van der Waals surface area contributed by atoms with Gasteiger partial charge in [-0.3, -0.25) is 4.99 Å². The Morgan fingerprint density at radius 2 is 1.97 bits per heavy atom. The Labute approximate surface area is 181 Å². The average Bonchev–Trinajstić information content (AvgIpc) is 3.04. The summed E-state index contributed by atoms with van der Waals surface area (Å²) in [4.78, 5) is 6.32. The van der Waals surface area contributed by atoms with Crippen molar-refractivity contribution in [2.75, 3.05) is 10.2 Å². The molecule has 2 aromatic carbocycles. The van der Waals surface area contributed by atoms with Gasteiger partial charge < -0.3 is 15.3 Å². The highest BCUT2D eigenvalue weighted by Crippen LogP contribution is 2.53. The quantitative estimate of drug-likeness (QED) is 0.549. The van der Waals surface area contributed by atoms with Gasteiger partial charge in [-0.2, -0.15) is 0 Å². The SMILES string of the molecule is C=Nc1ccccc1O.Cc1ccc2c(c1)NC(C)N2C12CCCC(CC(C)C1)C2. The third-order valence-electron chi connectivity index (χ3n) is 7.11. The van der Waals surface area contributed by atoms with Crippen LogP contribution < -0.4 is 10.2 Å². The lowest BCUT2D eigenvalue weighted by Crippen LogP contribution is -2.58. The smallest absolute Gasteiger partial charge is 0.141 e. The number of hydrogen-bond acceptors (Lipinski definition) is 4. The van der Waals surface area contributed by atoms with Crippen molar-refractivity contribution in [3.63, 3.8) is 0 Å². The Hall–Kier alpha value is -2.49. The summed E-state index contributed by atoms with van der Waals surface area (Å²) in [6.07, 6.45) is 8.95. The molecule has 30 heavy (non-hydrogen) atoms. The van der Waals surface area contributed by atoms with E-state index in [9.17, 15) is 0 Å². The van der Waals surface area contributed by atoms with Gasteiger partial charge >= 0.3 is 0 Å². The highest BCUT2D eigenvalue weighted by Gasteiger charge is 2.49. The Kier molecular flexibility index (Phi) is 5.77. The molecule has 4 heteroatoms. The van der Waals surface area contributed by atoms with Crippen molar-refractivity contribution in [3.8, 4) is 5.75 Å². The Balaban J connectivity index is 0.000000204. The van der Waals surface area contributed by atoms with Crippen LogP contribution in [0.5, 0.6) is 5.75 Å². The number of aliphatic imine (C=N–C) groups is 1. The predicted octanol–water partition coefficient (Wildman–Crippen LogP) is 6.66. The summed E-state index contributed by atoms with van der Waals surface area (Å²) >= 11 is 0. The number of nitrogens with one attached hydrogen (secondary N) is 1. The normalized spacial score (nSPS) is 29.3. The van der Waals surface area contributed by atoms with Crippen molar-refractivity contribution in [1.82, 2.24) is 0 Å². The summed E-state index contributed by atoms with van der Waals surface area (Å²) in [6.45, 7) is 10.3. The summed E-state index contributed by atoms with van der Waals surface area (Å²) in [5.41, 5.74) is 5.08. The van der Waals surface area contributed by atoms with E-state index in [2.05, 4.69) is 60.9 Å². The minimum atomic E-state index is 0.174. The van der Waals surface area contributed by atoms with E-state index in [1.165, 1.54) is 55.5 Å². The zero-order valence-corrected chi connectivity index (χ0v) is 18.6. The molecule has 2 aliphatic carbocycles. The van der Waals surface area contributed by atoms with Gasteiger partial charge in [0.05, 0.1) is 17.5 Å². The maximum absolute atomic E-state index is 8.98. The molecule has 3 aliphatic rings. The van der Waals surface area contributed by atoms with E-state index in [1.54, 1.807) is 24.3 Å². The van der Waals surface area contributed by atoms with Gasteiger partial charge in [0.25, 0.3) is 0 Å². The molecule has 2 aromatic rings. The van der Waals surface area contributed by atoms with Gasteiger partial charge in [-0.25, -0.2) is 0 Å². The number of para-hydroxylation sites is 2. The molecular formula is C26H35N3O. The van der Waals surface area contributed by atoms with Gasteiger partial charge in [-0.15, -0.1) is 0 Å². The molecular weight excluding hydrogens is 370 g/mol. The fourth-order valence-electron chi connectivity index (χ4n) is 6.20. The average molecular weight is 406 g/mol. The third kappa shape index (κ3) is 3.92. The lowest BCUT2D eigenvalue weighted by molar-refractivity contribution is 0.104. The van der Waals surface area contributed by atoms with Gasteiger partial charge in [-0.05, 0) is 87.9 Å². The molecule has 0 aromatic heterocycles. The molecule has 0 amide bonds. The fraction of sp³-hybridized carbons (Fsp3) is 0.500. The van der Waals surface area contributed by atoms with Crippen LogP contribution in [0, 0.1) is 18.8 Å². The molecule has 0 spiro atoms. The lowest BCUT2D eigenvalue weighted by atomic mass is 9.63. The number of phenols is 1. The molecule has 4 atom stereocenters. The molecule has 2 saturated carbocycles. The van der Waals surface area contributed by atoms with Crippen LogP contribution in [0.15, 0.2) is 47.5 Å². The number of anilines is 2. The first-order chi connectivity index (χ1) is 14.4. The Morgan fingerprint density at radius 1 is 1.17 bits per heavy atom. The third-order valence-corrected chi connectivity index (χ3v) is 7.11. The Bertz CT molecular complexity index is 907. The maximum Gasteiger partial charge on any atom is 0.141 e. The van der Waals surface area contributed by atoms with Gasteiger partial charge in [0.1, 0.15) is 11.4 Å². The molecule has 1 heterocycles. The van der Waals surface area contributed by atoms with E-state index >= 15 is 0 Å². The second kappa shape index (κ2) is 8.33. The number of aryl methyl sites for hydroxylation is 1. The van der Waals surface area contributed by atoms with E-state index in [-0.39, 0.29) is 5.75 Å². The monoisotopic (exact) mass is 405 g/mol. The summed E-state index contributed by atoms with van der Waals surface area (Å²) in [6, 6.07) is 13.7. The first-order valence-corrected chi connectivity index (χ1v) is 11.3. The molecule has 4 unspecified atom stereocenters. The molecule has 1 aliphatic heterocycles. The number of hydrogen-bond donors (Lipinski definition) is 2. The van der Waals surface area contributed by atoms with E-state index in [0.717, 1.165) is 11.8 Å².